The van der Waals surface area contributed by atoms with E-state index in [1.165, 1.54) is 10.4 Å². The molecule has 7 nitrogen and oxygen atoms in total. The van der Waals surface area contributed by atoms with E-state index >= 15 is 0 Å². The molecule has 3 rings (SSSR count). The molecule has 0 spiro atoms. The molecule has 0 bridgehead atoms. The zero-order chi connectivity index (χ0) is 19.6. The maximum atomic E-state index is 12.6. The minimum absolute atomic E-state index is 0.117. The van der Waals surface area contributed by atoms with Gasteiger partial charge in [-0.05, 0) is 42.7 Å². The van der Waals surface area contributed by atoms with Crippen molar-refractivity contribution < 1.29 is 23.1 Å². The molecule has 1 heterocycles. The molecule has 0 aliphatic carbocycles. The highest BCUT2D eigenvalue weighted by Crippen LogP contribution is 2.26. The number of carbonyl (C=O) groups is 2. The summed E-state index contributed by atoms with van der Waals surface area (Å²) in [6.07, 6.45) is 0.570. The van der Waals surface area contributed by atoms with Gasteiger partial charge in [0.25, 0.3) is 5.91 Å². The number of aliphatic carboxylic acids is 1. The highest BCUT2D eigenvalue weighted by Gasteiger charge is 2.29. The molecule has 1 aliphatic heterocycles. The van der Waals surface area contributed by atoms with E-state index < -0.39 is 27.9 Å². The van der Waals surface area contributed by atoms with Crippen molar-refractivity contribution in [3.05, 3.63) is 65.2 Å². The van der Waals surface area contributed by atoms with Crippen molar-refractivity contribution in [3.63, 3.8) is 0 Å². The molecule has 2 aromatic carbocycles. The van der Waals surface area contributed by atoms with E-state index in [2.05, 4.69) is 5.32 Å². The Kier molecular flexibility index (Phi) is 5.18. The molecule has 1 saturated heterocycles. The standard InChI is InChI=1S/C19H20N2O5S/c1-13-12-15(21-10-5-11-27(21,25)26)8-9-16(13)18(22)20-17(19(23)24)14-6-3-2-4-7-14/h2-4,6-9,12,17H,5,10-11H2,1H3,(H,20,22)(H,23,24)/t17-/m1/s1. The Morgan fingerprint density at radius 3 is 2.41 bits per heavy atom. The summed E-state index contributed by atoms with van der Waals surface area (Å²) in [5.41, 5.74) is 1.86. The third-order valence-corrected chi connectivity index (χ3v) is 6.37. The number of amides is 1. The number of anilines is 1. The maximum Gasteiger partial charge on any atom is 0.330 e. The Bertz CT molecular complexity index is 973. The topological polar surface area (TPSA) is 104 Å². The van der Waals surface area contributed by atoms with Gasteiger partial charge in [0.05, 0.1) is 11.4 Å². The summed E-state index contributed by atoms with van der Waals surface area (Å²) in [6.45, 7) is 2.11. The van der Waals surface area contributed by atoms with Crippen molar-refractivity contribution >= 4 is 27.6 Å². The van der Waals surface area contributed by atoms with Crippen LogP contribution >= 0.6 is 0 Å². The van der Waals surface area contributed by atoms with Gasteiger partial charge in [-0.25, -0.2) is 13.2 Å². The third-order valence-electron chi connectivity index (χ3n) is 4.50. The van der Waals surface area contributed by atoms with Crippen molar-refractivity contribution in [3.8, 4) is 0 Å². The van der Waals surface area contributed by atoms with E-state index in [1.807, 2.05) is 0 Å². The minimum atomic E-state index is -3.30. The Morgan fingerprint density at radius 1 is 1.15 bits per heavy atom. The molecule has 0 radical (unpaired) electrons. The monoisotopic (exact) mass is 388 g/mol. The highest BCUT2D eigenvalue weighted by molar-refractivity contribution is 7.93. The fourth-order valence-electron chi connectivity index (χ4n) is 3.13. The van der Waals surface area contributed by atoms with Crippen molar-refractivity contribution in [2.24, 2.45) is 0 Å². The van der Waals surface area contributed by atoms with Crippen LogP contribution in [0.5, 0.6) is 0 Å². The molecule has 0 saturated carbocycles. The fourth-order valence-corrected chi connectivity index (χ4v) is 4.69. The molecule has 1 fully saturated rings. The summed E-state index contributed by atoms with van der Waals surface area (Å²) in [6, 6.07) is 12.0. The smallest absolute Gasteiger partial charge is 0.330 e. The fraction of sp³-hybridized carbons (Fsp3) is 0.263. The van der Waals surface area contributed by atoms with E-state index in [9.17, 15) is 23.1 Å². The number of carboxylic acids is 1. The number of benzene rings is 2. The molecule has 2 N–H and O–H groups in total. The molecule has 1 amide bonds. The molecular formula is C19H20N2O5S. The summed E-state index contributed by atoms with van der Waals surface area (Å²) < 4.78 is 25.4. The van der Waals surface area contributed by atoms with Crippen LogP contribution in [0.4, 0.5) is 5.69 Å². The number of hydrogen-bond acceptors (Lipinski definition) is 4. The molecular weight excluding hydrogens is 368 g/mol. The van der Waals surface area contributed by atoms with Crippen LogP contribution in [0.25, 0.3) is 0 Å². The van der Waals surface area contributed by atoms with Crippen molar-refractivity contribution in [2.75, 3.05) is 16.6 Å². The molecule has 1 aliphatic rings. The van der Waals surface area contributed by atoms with Gasteiger partial charge in [-0.2, -0.15) is 0 Å². The summed E-state index contributed by atoms with van der Waals surface area (Å²) in [7, 11) is -3.30. The van der Waals surface area contributed by atoms with Crippen molar-refractivity contribution in [1.29, 1.82) is 0 Å². The lowest BCUT2D eigenvalue weighted by atomic mass is 10.0. The lowest BCUT2D eigenvalue weighted by Crippen LogP contribution is -2.34. The van der Waals surface area contributed by atoms with Crippen LogP contribution in [0.1, 0.15) is 33.9 Å². The van der Waals surface area contributed by atoms with Gasteiger partial charge >= 0.3 is 5.97 Å². The molecule has 0 aromatic heterocycles. The predicted octanol–water partition coefficient (Wildman–Crippen LogP) is 2.09. The molecule has 1 atom stereocenters. The van der Waals surface area contributed by atoms with Crippen LogP contribution in [0.2, 0.25) is 0 Å². The van der Waals surface area contributed by atoms with Crippen molar-refractivity contribution in [2.45, 2.75) is 19.4 Å². The van der Waals surface area contributed by atoms with E-state index in [1.54, 1.807) is 49.4 Å². The van der Waals surface area contributed by atoms with E-state index in [-0.39, 0.29) is 5.75 Å². The van der Waals surface area contributed by atoms with E-state index in [0.29, 0.717) is 35.3 Å². The van der Waals surface area contributed by atoms with Gasteiger partial charge in [0, 0.05) is 12.1 Å². The maximum absolute atomic E-state index is 12.6. The van der Waals surface area contributed by atoms with Crippen LogP contribution < -0.4 is 9.62 Å². The van der Waals surface area contributed by atoms with Crippen LogP contribution in [0.15, 0.2) is 48.5 Å². The number of hydrogen-bond donors (Lipinski definition) is 2. The summed E-state index contributed by atoms with van der Waals surface area (Å²) in [5.74, 6) is -1.57. The number of aryl methyl sites for hydroxylation is 1. The first kappa shape index (κ1) is 18.9. The van der Waals surface area contributed by atoms with Gasteiger partial charge < -0.3 is 10.4 Å². The highest BCUT2D eigenvalue weighted by atomic mass is 32.2. The summed E-state index contributed by atoms with van der Waals surface area (Å²) in [4.78, 5) is 24.2. The molecule has 0 unspecified atom stereocenters. The summed E-state index contributed by atoms with van der Waals surface area (Å²) >= 11 is 0. The quantitative estimate of drug-likeness (QED) is 0.816. The van der Waals surface area contributed by atoms with Gasteiger partial charge in [0.15, 0.2) is 6.04 Å². The van der Waals surface area contributed by atoms with Crippen molar-refractivity contribution in [1.82, 2.24) is 5.32 Å². The Hall–Kier alpha value is -2.87. The lowest BCUT2D eigenvalue weighted by Gasteiger charge is -2.19. The third kappa shape index (κ3) is 3.95. The second-order valence-corrected chi connectivity index (χ2v) is 8.41. The van der Waals surface area contributed by atoms with Gasteiger partial charge in [0.1, 0.15) is 0 Å². The van der Waals surface area contributed by atoms with Crippen LogP contribution in [0.3, 0.4) is 0 Å². The normalized spacial score (nSPS) is 16.7. The first-order chi connectivity index (χ1) is 12.8. The zero-order valence-electron chi connectivity index (χ0n) is 14.8. The number of sulfonamides is 1. The number of nitrogens with one attached hydrogen (secondary N) is 1. The SMILES string of the molecule is Cc1cc(N2CCCS2(=O)=O)ccc1C(=O)N[C@@H](C(=O)O)c1ccccc1. The number of nitrogens with zero attached hydrogens (tertiary/aromatic N) is 1. The minimum Gasteiger partial charge on any atom is -0.479 e. The van der Waals surface area contributed by atoms with Gasteiger partial charge in [-0.15, -0.1) is 0 Å². The predicted molar refractivity (Wildman–Crippen MR) is 101 cm³/mol. The second-order valence-electron chi connectivity index (χ2n) is 6.40. The molecule has 27 heavy (non-hydrogen) atoms. The lowest BCUT2D eigenvalue weighted by molar-refractivity contribution is -0.139. The number of rotatable bonds is 5. The Balaban J connectivity index is 1.83. The Morgan fingerprint density at radius 2 is 1.85 bits per heavy atom. The summed E-state index contributed by atoms with van der Waals surface area (Å²) in [5, 5.41) is 12.0. The molecule has 8 heteroatoms. The number of carbonyl (C=O) groups excluding carboxylic acids is 1. The largest absolute Gasteiger partial charge is 0.479 e. The van der Waals surface area contributed by atoms with E-state index in [4.69, 9.17) is 0 Å². The van der Waals surface area contributed by atoms with Crippen LogP contribution in [-0.2, 0) is 14.8 Å². The van der Waals surface area contributed by atoms with E-state index in [0.717, 1.165) is 0 Å². The van der Waals surface area contributed by atoms with Gasteiger partial charge in [-0.1, -0.05) is 30.3 Å². The van der Waals surface area contributed by atoms with Gasteiger partial charge in [-0.3, -0.25) is 9.10 Å². The van der Waals surface area contributed by atoms with Crippen LogP contribution in [0, 0.1) is 6.92 Å². The zero-order valence-corrected chi connectivity index (χ0v) is 15.6. The molecule has 2 aromatic rings. The molecule has 142 valence electrons. The second kappa shape index (κ2) is 7.40. The van der Waals surface area contributed by atoms with Gasteiger partial charge in [0.2, 0.25) is 10.0 Å². The first-order valence-corrected chi connectivity index (χ1v) is 10.1. The average Bonchev–Trinajstić information content (AvgIpc) is 2.99. The van der Waals surface area contributed by atoms with Crippen LogP contribution in [-0.4, -0.2) is 37.7 Å². The average molecular weight is 388 g/mol. The Labute approximate surface area is 157 Å². The first-order valence-electron chi connectivity index (χ1n) is 8.49. The number of carboxylic acid groups (broad SMARTS) is 1.